The summed E-state index contributed by atoms with van der Waals surface area (Å²) in [5, 5.41) is 0. The third kappa shape index (κ3) is 1.76. The fourth-order valence-corrected chi connectivity index (χ4v) is 11.5. The van der Waals surface area contributed by atoms with Crippen LogP contribution in [0, 0.1) is 69.0 Å². The Bertz CT molecular complexity index is 737. The first-order chi connectivity index (χ1) is 12.2. The molecule has 26 heavy (non-hydrogen) atoms. The van der Waals surface area contributed by atoms with Crippen molar-refractivity contribution in [2.24, 2.45) is 44.3 Å². The zero-order chi connectivity index (χ0) is 18.1. The average molecular weight is 347 g/mol. The third-order valence-electron chi connectivity index (χ3n) is 10.4. The molecule has 0 aromatic rings. The Balaban J connectivity index is 1.51. The van der Waals surface area contributed by atoms with Crippen LogP contribution in [0.3, 0.4) is 0 Å². The first-order valence-electron chi connectivity index (χ1n) is 11.1. The monoisotopic (exact) mass is 346 g/mol. The summed E-state index contributed by atoms with van der Waals surface area (Å²) in [6.07, 6.45) is 29.1. The molecular formula is C26H34. The highest BCUT2D eigenvalue weighted by atomic mass is 14.8. The molecule has 4 unspecified atom stereocenters. The summed E-state index contributed by atoms with van der Waals surface area (Å²) in [4.78, 5) is 0. The Morgan fingerprint density at radius 3 is 1.69 bits per heavy atom. The van der Waals surface area contributed by atoms with Gasteiger partial charge in [-0.25, -0.2) is 0 Å². The first-order valence-corrected chi connectivity index (χ1v) is 11.1. The Hall–Kier alpha value is -0.880. The molecule has 8 aliphatic rings. The third-order valence-corrected chi connectivity index (χ3v) is 10.4. The van der Waals surface area contributed by atoms with Crippen LogP contribution in [-0.4, -0.2) is 0 Å². The van der Waals surface area contributed by atoms with Crippen molar-refractivity contribution in [1.29, 1.82) is 0 Å². The van der Waals surface area contributed by atoms with Crippen LogP contribution < -0.4 is 0 Å². The van der Waals surface area contributed by atoms with Crippen LogP contribution in [0.4, 0.5) is 0 Å². The molecule has 0 N–H and O–H groups in total. The van der Waals surface area contributed by atoms with E-state index in [0.717, 1.165) is 11.8 Å². The van der Waals surface area contributed by atoms with E-state index in [2.05, 4.69) is 25.7 Å². The summed E-state index contributed by atoms with van der Waals surface area (Å²) in [6.45, 7) is 5.17. The van der Waals surface area contributed by atoms with Crippen LogP contribution in [-0.2, 0) is 0 Å². The van der Waals surface area contributed by atoms with E-state index >= 15 is 0 Å². The molecule has 8 rings (SSSR count). The van der Waals surface area contributed by atoms with Gasteiger partial charge in [0.05, 0.1) is 0 Å². The second kappa shape index (κ2) is 4.24. The molecule has 0 aromatic carbocycles. The van der Waals surface area contributed by atoms with Crippen LogP contribution in [0.15, 0.2) is 0 Å². The molecule has 0 heteroatoms. The minimum absolute atomic E-state index is 0.185. The van der Waals surface area contributed by atoms with Gasteiger partial charge in [0.1, 0.15) is 0 Å². The molecule has 0 saturated heterocycles. The Morgan fingerprint density at radius 2 is 1.15 bits per heavy atom. The molecule has 0 spiro atoms. The molecule has 4 atom stereocenters. The van der Waals surface area contributed by atoms with E-state index in [-0.39, 0.29) is 10.8 Å². The fourth-order valence-electron chi connectivity index (χ4n) is 11.5. The van der Waals surface area contributed by atoms with Gasteiger partial charge in [-0.15, -0.1) is 12.8 Å². The van der Waals surface area contributed by atoms with Gasteiger partial charge in [-0.3, -0.25) is 0 Å². The lowest BCUT2D eigenvalue weighted by atomic mass is 9.28. The van der Waals surface area contributed by atoms with Gasteiger partial charge in [0.2, 0.25) is 0 Å². The average Bonchev–Trinajstić information content (AvgIpc) is 2.50. The van der Waals surface area contributed by atoms with Gasteiger partial charge >= 0.3 is 0 Å². The number of rotatable bonds is 1. The topological polar surface area (TPSA) is 0 Å². The maximum atomic E-state index is 6.27. The van der Waals surface area contributed by atoms with Crippen molar-refractivity contribution in [3.8, 4) is 24.7 Å². The van der Waals surface area contributed by atoms with Crippen molar-refractivity contribution in [1.82, 2.24) is 0 Å². The number of hydrogen-bond donors (Lipinski definition) is 0. The molecule has 8 saturated carbocycles. The van der Waals surface area contributed by atoms with Crippen molar-refractivity contribution in [3.05, 3.63) is 0 Å². The van der Waals surface area contributed by atoms with Gasteiger partial charge in [-0.2, -0.15) is 0 Å². The Labute approximate surface area is 160 Å². The highest BCUT2D eigenvalue weighted by molar-refractivity contribution is 5.29. The van der Waals surface area contributed by atoms with Crippen molar-refractivity contribution >= 4 is 0 Å². The van der Waals surface area contributed by atoms with E-state index in [9.17, 15) is 0 Å². The van der Waals surface area contributed by atoms with E-state index in [1.807, 2.05) is 0 Å². The summed E-state index contributed by atoms with van der Waals surface area (Å²) in [7, 11) is 0. The minimum atomic E-state index is 0.185. The van der Waals surface area contributed by atoms with Gasteiger partial charge in [0.25, 0.3) is 0 Å². The van der Waals surface area contributed by atoms with Crippen LogP contribution in [0.25, 0.3) is 0 Å². The first kappa shape index (κ1) is 16.1. The second-order valence-electron chi connectivity index (χ2n) is 13.1. The lowest BCUT2D eigenvalue weighted by Gasteiger charge is -2.76. The standard InChI is InChI=1S/C26H34/c1-5-23-8-19-7-20(9-23)11-25(10-19,17-23)26-15-21(3)12-22(4,16-26)14-24(6-2,13-21)18-26/h1-2,19-20H,7-18H2,3-4H3. The maximum Gasteiger partial charge on any atom is 0.0328 e. The van der Waals surface area contributed by atoms with Gasteiger partial charge < -0.3 is 0 Å². The fraction of sp³-hybridized carbons (Fsp3) is 0.846. The van der Waals surface area contributed by atoms with Crippen molar-refractivity contribution in [3.63, 3.8) is 0 Å². The molecule has 8 aliphatic carbocycles. The molecule has 8 fully saturated rings. The van der Waals surface area contributed by atoms with Gasteiger partial charge in [0, 0.05) is 10.8 Å². The SMILES string of the molecule is C#CC12CC3CC(C1)CC(C14CC5(C)CC(C)(CC(C#C)(C5)C1)C4)(C3)C2. The van der Waals surface area contributed by atoms with E-state index in [1.165, 1.54) is 77.0 Å². The highest BCUT2D eigenvalue weighted by Gasteiger charge is 2.73. The Kier molecular flexibility index (Phi) is 2.63. The van der Waals surface area contributed by atoms with Gasteiger partial charge in [0.15, 0.2) is 0 Å². The Morgan fingerprint density at radius 1 is 0.615 bits per heavy atom. The van der Waals surface area contributed by atoms with Crippen LogP contribution in [0.2, 0.25) is 0 Å². The molecule has 0 aliphatic heterocycles. The van der Waals surface area contributed by atoms with Crippen LogP contribution >= 0.6 is 0 Å². The maximum absolute atomic E-state index is 6.27. The molecule has 0 heterocycles. The van der Waals surface area contributed by atoms with Crippen LogP contribution in [0.5, 0.6) is 0 Å². The normalized spacial score (nSPS) is 64.3. The summed E-state index contributed by atoms with van der Waals surface area (Å²) >= 11 is 0. The number of hydrogen-bond acceptors (Lipinski definition) is 0. The lowest BCUT2D eigenvalue weighted by Crippen LogP contribution is -2.67. The van der Waals surface area contributed by atoms with Gasteiger partial charge in [-0.05, 0) is 111 Å². The minimum Gasteiger partial charge on any atom is -0.120 e. The summed E-state index contributed by atoms with van der Waals surface area (Å²) in [5.74, 6) is 8.58. The lowest BCUT2D eigenvalue weighted by molar-refractivity contribution is -0.258. The summed E-state index contributed by atoms with van der Waals surface area (Å²) in [5.41, 5.74) is 2.36. The second-order valence-corrected chi connectivity index (χ2v) is 13.1. The highest BCUT2D eigenvalue weighted by Crippen LogP contribution is 2.82. The quantitative estimate of drug-likeness (QED) is 0.495. The van der Waals surface area contributed by atoms with E-state index in [1.54, 1.807) is 0 Å². The smallest absolute Gasteiger partial charge is 0.0328 e. The summed E-state index contributed by atoms with van der Waals surface area (Å²) < 4.78 is 0. The molecular weight excluding hydrogens is 312 g/mol. The molecule has 0 aromatic heterocycles. The van der Waals surface area contributed by atoms with E-state index in [4.69, 9.17) is 12.8 Å². The predicted molar refractivity (Wildman–Crippen MR) is 106 cm³/mol. The van der Waals surface area contributed by atoms with E-state index in [0.29, 0.717) is 21.7 Å². The van der Waals surface area contributed by atoms with Gasteiger partial charge in [-0.1, -0.05) is 25.7 Å². The molecule has 0 nitrogen and oxygen atoms in total. The molecule has 0 amide bonds. The molecule has 0 radical (unpaired) electrons. The predicted octanol–water partition coefficient (Wildman–Crippen LogP) is 6.21. The zero-order valence-electron chi connectivity index (χ0n) is 16.8. The molecule has 8 bridgehead atoms. The van der Waals surface area contributed by atoms with Crippen molar-refractivity contribution < 1.29 is 0 Å². The van der Waals surface area contributed by atoms with Crippen molar-refractivity contribution in [2.75, 3.05) is 0 Å². The van der Waals surface area contributed by atoms with Crippen molar-refractivity contribution in [2.45, 2.75) is 90.9 Å². The zero-order valence-corrected chi connectivity index (χ0v) is 16.8. The number of terminal acetylenes is 2. The largest absolute Gasteiger partial charge is 0.120 e. The summed E-state index contributed by atoms with van der Waals surface area (Å²) in [6, 6.07) is 0. The van der Waals surface area contributed by atoms with Crippen LogP contribution in [0.1, 0.15) is 90.9 Å². The van der Waals surface area contributed by atoms with E-state index < -0.39 is 0 Å². The molecule has 138 valence electrons.